The Bertz CT molecular complexity index is 519. The third kappa shape index (κ3) is 4.05. The fraction of sp³-hybridized carbons (Fsp3) is 0.529. The lowest BCUT2D eigenvalue weighted by molar-refractivity contribution is -0.145. The average Bonchev–Trinajstić information content (AvgIpc) is 2.53. The van der Waals surface area contributed by atoms with Crippen LogP contribution in [0.1, 0.15) is 25.8 Å². The average molecular weight is 286 g/mol. The van der Waals surface area contributed by atoms with Crippen LogP contribution in [0.2, 0.25) is 0 Å². The first-order valence-electron chi connectivity index (χ1n) is 7.39. The van der Waals surface area contributed by atoms with Crippen molar-refractivity contribution in [3.8, 4) is 6.07 Å². The maximum atomic E-state index is 12.3. The molecule has 0 radical (unpaired) electrons. The van der Waals surface area contributed by atoms with Gasteiger partial charge in [0.05, 0.1) is 18.8 Å². The van der Waals surface area contributed by atoms with E-state index in [1.165, 1.54) is 5.56 Å². The van der Waals surface area contributed by atoms with Crippen molar-refractivity contribution in [2.24, 2.45) is 5.41 Å². The summed E-state index contributed by atoms with van der Waals surface area (Å²) in [6.45, 7) is 5.04. The minimum Gasteiger partial charge on any atom is -0.375 e. The topological polar surface area (TPSA) is 53.3 Å². The van der Waals surface area contributed by atoms with Crippen molar-refractivity contribution in [1.82, 2.24) is 4.90 Å². The molecule has 1 heterocycles. The molecule has 1 aliphatic rings. The standard InChI is InChI=1S/C17H22N2O2/c1-17(2,13-18)16(20)19-10-11-21-15(12-19)9-8-14-6-4-3-5-7-14/h3-7,15H,8-12H2,1-2H3/t15-/m1/s1. The van der Waals surface area contributed by atoms with E-state index in [0.29, 0.717) is 19.7 Å². The first kappa shape index (κ1) is 15.5. The lowest BCUT2D eigenvalue weighted by atomic mass is 9.93. The summed E-state index contributed by atoms with van der Waals surface area (Å²) < 4.78 is 5.75. The minimum absolute atomic E-state index is 0.0531. The predicted octanol–water partition coefficient (Wildman–Crippen LogP) is 2.40. The van der Waals surface area contributed by atoms with Crippen LogP contribution in [0, 0.1) is 16.7 Å². The van der Waals surface area contributed by atoms with E-state index >= 15 is 0 Å². The summed E-state index contributed by atoms with van der Waals surface area (Å²) >= 11 is 0. The number of amides is 1. The molecule has 1 aliphatic heterocycles. The van der Waals surface area contributed by atoms with Crippen LogP contribution in [0.15, 0.2) is 30.3 Å². The number of carbonyl (C=O) groups excluding carboxylic acids is 1. The van der Waals surface area contributed by atoms with Gasteiger partial charge in [0.1, 0.15) is 5.41 Å². The summed E-state index contributed by atoms with van der Waals surface area (Å²) in [5.74, 6) is -0.0991. The Labute approximate surface area is 126 Å². The lowest BCUT2D eigenvalue weighted by Crippen LogP contribution is -2.49. The zero-order valence-corrected chi connectivity index (χ0v) is 12.7. The molecule has 0 saturated carbocycles. The van der Waals surface area contributed by atoms with E-state index in [1.54, 1.807) is 18.7 Å². The Morgan fingerprint density at radius 2 is 2.14 bits per heavy atom. The van der Waals surface area contributed by atoms with Gasteiger partial charge in [0.25, 0.3) is 0 Å². The van der Waals surface area contributed by atoms with Crippen LogP contribution in [-0.4, -0.2) is 36.6 Å². The van der Waals surface area contributed by atoms with Gasteiger partial charge in [0.15, 0.2) is 0 Å². The first-order chi connectivity index (χ1) is 10.0. The Morgan fingerprint density at radius 3 is 2.81 bits per heavy atom. The Morgan fingerprint density at radius 1 is 1.43 bits per heavy atom. The Balaban J connectivity index is 1.89. The zero-order valence-electron chi connectivity index (χ0n) is 12.7. The second-order valence-corrected chi connectivity index (χ2v) is 6.01. The monoisotopic (exact) mass is 286 g/mol. The van der Waals surface area contributed by atoms with E-state index in [2.05, 4.69) is 18.2 Å². The van der Waals surface area contributed by atoms with Gasteiger partial charge in [-0.3, -0.25) is 4.79 Å². The molecule has 1 saturated heterocycles. The summed E-state index contributed by atoms with van der Waals surface area (Å²) in [4.78, 5) is 14.1. The number of carbonyl (C=O) groups is 1. The highest BCUT2D eigenvalue weighted by Gasteiger charge is 2.34. The number of aryl methyl sites for hydroxylation is 1. The molecule has 2 rings (SSSR count). The molecule has 1 amide bonds. The molecule has 1 fully saturated rings. The molecule has 1 aromatic rings. The van der Waals surface area contributed by atoms with Gasteiger partial charge in [-0.25, -0.2) is 0 Å². The van der Waals surface area contributed by atoms with E-state index in [-0.39, 0.29) is 12.0 Å². The van der Waals surface area contributed by atoms with E-state index in [9.17, 15) is 4.79 Å². The molecule has 0 aliphatic carbocycles. The van der Waals surface area contributed by atoms with E-state index < -0.39 is 5.41 Å². The number of hydrogen-bond acceptors (Lipinski definition) is 3. The number of morpholine rings is 1. The molecule has 0 bridgehead atoms. The van der Waals surface area contributed by atoms with Crippen LogP contribution in [0.4, 0.5) is 0 Å². The molecule has 1 aromatic carbocycles. The highest BCUT2D eigenvalue weighted by atomic mass is 16.5. The normalized spacial score (nSPS) is 19.1. The highest BCUT2D eigenvalue weighted by Crippen LogP contribution is 2.21. The van der Waals surface area contributed by atoms with Crippen molar-refractivity contribution >= 4 is 5.91 Å². The highest BCUT2D eigenvalue weighted by molar-refractivity contribution is 5.84. The molecule has 4 nitrogen and oxygen atoms in total. The van der Waals surface area contributed by atoms with Gasteiger partial charge in [-0.15, -0.1) is 0 Å². The van der Waals surface area contributed by atoms with Crippen molar-refractivity contribution < 1.29 is 9.53 Å². The molecule has 112 valence electrons. The summed E-state index contributed by atoms with van der Waals surface area (Å²) in [5, 5.41) is 9.08. The lowest BCUT2D eigenvalue weighted by Gasteiger charge is -2.35. The van der Waals surface area contributed by atoms with Crippen molar-refractivity contribution in [2.45, 2.75) is 32.8 Å². The SMILES string of the molecule is CC(C)(C#N)C(=O)N1CCO[C@H](CCc2ccccc2)C1. The summed E-state index contributed by atoms with van der Waals surface area (Å²) in [6.07, 6.45) is 1.88. The van der Waals surface area contributed by atoms with Crippen LogP contribution in [-0.2, 0) is 16.0 Å². The second kappa shape index (κ2) is 6.73. The number of benzene rings is 1. The summed E-state index contributed by atoms with van der Waals surface area (Å²) in [5.41, 5.74) is 0.323. The van der Waals surface area contributed by atoms with E-state index in [0.717, 1.165) is 12.8 Å². The maximum Gasteiger partial charge on any atom is 0.242 e. The third-order valence-electron chi connectivity index (χ3n) is 3.84. The molecule has 21 heavy (non-hydrogen) atoms. The van der Waals surface area contributed by atoms with E-state index in [4.69, 9.17) is 10.00 Å². The summed E-state index contributed by atoms with van der Waals surface area (Å²) in [7, 11) is 0. The van der Waals surface area contributed by atoms with Crippen molar-refractivity contribution in [2.75, 3.05) is 19.7 Å². The smallest absolute Gasteiger partial charge is 0.242 e. The summed E-state index contributed by atoms with van der Waals surface area (Å²) in [6, 6.07) is 12.3. The molecule has 4 heteroatoms. The van der Waals surface area contributed by atoms with Crippen LogP contribution in [0.25, 0.3) is 0 Å². The molecule has 0 aromatic heterocycles. The molecular weight excluding hydrogens is 264 g/mol. The number of rotatable bonds is 4. The third-order valence-corrected chi connectivity index (χ3v) is 3.84. The molecule has 0 unspecified atom stereocenters. The quantitative estimate of drug-likeness (QED) is 0.854. The Hall–Kier alpha value is -1.86. The van der Waals surface area contributed by atoms with Crippen molar-refractivity contribution in [3.05, 3.63) is 35.9 Å². The van der Waals surface area contributed by atoms with Crippen molar-refractivity contribution in [3.63, 3.8) is 0 Å². The number of nitrogens with zero attached hydrogens (tertiary/aromatic N) is 2. The number of nitriles is 1. The zero-order chi connectivity index (χ0) is 15.3. The number of hydrogen-bond donors (Lipinski definition) is 0. The minimum atomic E-state index is -0.957. The molecular formula is C17H22N2O2. The predicted molar refractivity (Wildman–Crippen MR) is 80.5 cm³/mol. The van der Waals surface area contributed by atoms with Crippen LogP contribution >= 0.6 is 0 Å². The van der Waals surface area contributed by atoms with Gasteiger partial charge in [-0.1, -0.05) is 30.3 Å². The second-order valence-electron chi connectivity index (χ2n) is 6.01. The van der Waals surface area contributed by atoms with Crippen LogP contribution in [0.5, 0.6) is 0 Å². The fourth-order valence-electron chi connectivity index (χ4n) is 2.49. The Kier molecular flexibility index (Phi) is 4.98. The van der Waals surface area contributed by atoms with Gasteiger partial charge in [-0.2, -0.15) is 5.26 Å². The van der Waals surface area contributed by atoms with Gasteiger partial charge in [0.2, 0.25) is 5.91 Å². The van der Waals surface area contributed by atoms with Crippen LogP contribution in [0.3, 0.4) is 0 Å². The van der Waals surface area contributed by atoms with Gasteiger partial charge in [0, 0.05) is 13.1 Å². The molecule has 0 spiro atoms. The number of ether oxygens (including phenoxy) is 1. The van der Waals surface area contributed by atoms with Crippen molar-refractivity contribution in [1.29, 1.82) is 5.26 Å². The molecule has 0 N–H and O–H groups in total. The van der Waals surface area contributed by atoms with Gasteiger partial charge < -0.3 is 9.64 Å². The van der Waals surface area contributed by atoms with Crippen LogP contribution < -0.4 is 0 Å². The van der Waals surface area contributed by atoms with E-state index in [1.807, 2.05) is 18.2 Å². The fourth-order valence-corrected chi connectivity index (χ4v) is 2.49. The first-order valence-corrected chi connectivity index (χ1v) is 7.39. The van der Waals surface area contributed by atoms with Gasteiger partial charge >= 0.3 is 0 Å². The maximum absolute atomic E-state index is 12.3. The van der Waals surface area contributed by atoms with Gasteiger partial charge in [-0.05, 0) is 32.3 Å². The molecule has 1 atom stereocenters. The largest absolute Gasteiger partial charge is 0.375 e.